The van der Waals surface area contributed by atoms with Gasteiger partial charge in [-0.15, -0.1) is 11.3 Å². The van der Waals surface area contributed by atoms with Gasteiger partial charge in [0.2, 0.25) is 11.8 Å². The quantitative estimate of drug-likeness (QED) is 0.892. The molecule has 110 valence electrons. The molecule has 0 saturated carbocycles. The van der Waals surface area contributed by atoms with Gasteiger partial charge in [-0.3, -0.25) is 9.59 Å². The lowest BCUT2D eigenvalue weighted by Gasteiger charge is -2.20. The first-order valence-corrected chi connectivity index (χ1v) is 7.83. The van der Waals surface area contributed by atoms with Gasteiger partial charge >= 0.3 is 0 Å². The van der Waals surface area contributed by atoms with E-state index in [0.717, 1.165) is 17.1 Å². The largest absolute Gasteiger partial charge is 0.355 e. The van der Waals surface area contributed by atoms with Crippen molar-refractivity contribution in [2.75, 3.05) is 13.1 Å². The minimum atomic E-state index is -0.206. The minimum Gasteiger partial charge on any atom is -0.355 e. The summed E-state index contributed by atoms with van der Waals surface area (Å²) in [6.07, 6.45) is 1.07. The maximum absolute atomic E-state index is 12.0. The van der Waals surface area contributed by atoms with Crippen molar-refractivity contribution < 1.29 is 9.59 Å². The van der Waals surface area contributed by atoms with E-state index in [-0.39, 0.29) is 23.8 Å². The van der Waals surface area contributed by atoms with E-state index in [2.05, 4.69) is 10.3 Å². The lowest BCUT2D eigenvalue weighted by Crippen LogP contribution is -2.36. The molecule has 0 bridgehead atoms. The van der Waals surface area contributed by atoms with Crippen molar-refractivity contribution in [1.82, 2.24) is 15.2 Å². The highest BCUT2D eigenvalue weighted by molar-refractivity contribution is 7.09. The van der Waals surface area contributed by atoms with Crippen LogP contribution in [0, 0.1) is 12.8 Å². The fourth-order valence-corrected chi connectivity index (χ4v) is 3.03. The van der Waals surface area contributed by atoms with Crippen molar-refractivity contribution in [2.45, 2.75) is 39.7 Å². The number of aromatic nitrogens is 1. The van der Waals surface area contributed by atoms with Gasteiger partial charge in [0, 0.05) is 37.4 Å². The Labute approximate surface area is 123 Å². The summed E-state index contributed by atoms with van der Waals surface area (Å²) in [5.41, 5.74) is 1.01. The molecule has 2 heterocycles. The molecule has 1 aliphatic rings. The van der Waals surface area contributed by atoms with Crippen molar-refractivity contribution in [1.29, 1.82) is 0 Å². The van der Waals surface area contributed by atoms with Gasteiger partial charge in [0.1, 0.15) is 0 Å². The average molecular weight is 295 g/mol. The summed E-state index contributed by atoms with van der Waals surface area (Å²) < 4.78 is 0. The zero-order valence-corrected chi connectivity index (χ0v) is 13.0. The zero-order chi connectivity index (χ0) is 14.7. The molecule has 2 rings (SSSR count). The Morgan fingerprint density at radius 3 is 2.90 bits per heavy atom. The summed E-state index contributed by atoms with van der Waals surface area (Å²) in [6.45, 7) is 7.04. The number of rotatable bonds is 5. The summed E-state index contributed by atoms with van der Waals surface area (Å²) >= 11 is 1.62. The molecule has 1 atom stereocenters. The highest BCUT2D eigenvalue weighted by Crippen LogP contribution is 2.20. The smallest absolute Gasteiger partial charge is 0.225 e. The number of thiazole rings is 1. The summed E-state index contributed by atoms with van der Waals surface area (Å²) in [6, 6.07) is 0.165. The van der Waals surface area contributed by atoms with Crippen LogP contribution in [0.25, 0.3) is 0 Å². The number of hydrogen-bond donors (Lipinski definition) is 1. The van der Waals surface area contributed by atoms with Gasteiger partial charge in [0.05, 0.1) is 16.6 Å². The number of nitrogens with one attached hydrogen (secondary N) is 1. The second kappa shape index (κ2) is 6.35. The molecule has 0 unspecified atom stereocenters. The van der Waals surface area contributed by atoms with Gasteiger partial charge in [0.25, 0.3) is 0 Å². The molecule has 1 aromatic heterocycles. The van der Waals surface area contributed by atoms with E-state index in [1.54, 1.807) is 16.2 Å². The van der Waals surface area contributed by atoms with E-state index in [4.69, 9.17) is 0 Å². The van der Waals surface area contributed by atoms with Crippen molar-refractivity contribution >= 4 is 23.2 Å². The second-order valence-corrected chi connectivity index (χ2v) is 6.50. The van der Waals surface area contributed by atoms with Gasteiger partial charge in [-0.2, -0.15) is 0 Å². The predicted octanol–water partition coefficient (Wildman–Crippen LogP) is 1.37. The number of likely N-dealkylation sites (tertiary alicyclic amines) is 1. The zero-order valence-electron chi connectivity index (χ0n) is 12.2. The molecular formula is C14H21N3O2S. The van der Waals surface area contributed by atoms with Crippen LogP contribution in [0.5, 0.6) is 0 Å². The monoisotopic (exact) mass is 295 g/mol. The van der Waals surface area contributed by atoms with Crippen molar-refractivity contribution in [2.24, 2.45) is 5.92 Å². The van der Waals surface area contributed by atoms with Crippen LogP contribution in [0.1, 0.15) is 31.0 Å². The molecular weight excluding hydrogens is 274 g/mol. The Kier molecular flexibility index (Phi) is 4.75. The summed E-state index contributed by atoms with van der Waals surface area (Å²) in [5.74, 6) is -0.147. The van der Waals surface area contributed by atoms with Crippen molar-refractivity contribution in [3.05, 3.63) is 16.1 Å². The molecule has 1 aliphatic heterocycles. The van der Waals surface area contributed by atoms with Crippen LogP contribution in [-0.4, -0.2) is 40.8 Å². The maximum Gasteiger partial charge on any atom is 0.225 e. The first-order chi connectivity index (χ1) is 9.47. The third kappa shape index (κ3) is 3.56. The van der Waals surface area contributed by atoms with E-state index in [0.29, 0.717) is 19.5 Å². The van der Waals surface area contributed by atoms with Gasteiger partial charge in [-0.1, -0.05) is 0 Å². The molecule has 1 N–H and O–H groups in total. The molecule has 0 radical (unpaired) electrons. The van der Waals surface area contributed by atoms with Crippen LogP contribution >= 0.6 is 11.3 Å². The molecule has 0 aromatic carbocycles. The number of carbonyl (C=O) groups excluding carboxylic acids is 2. The third-order valence-electron chi connectivity index (χ3n) is 3.50. The number of amides is 2. The van der Waals surface area contributed by atoms with E-state index < -0.39 is 0 Å². The van der Waals surface area contributed by atoms with Crippen LogP contribution < -0.4 is 5.32 Å². The SMILES string of the molecule is Cc1nc(CCNC(=O)[C@H]2CC(=O)N(C(C)C)C2)cs1. The fourth-order valence-electron chi connectivity index (χ4n) is 2.39. The van der Waals surface area contributed by atoms with Crippen LogP contribution in [0.2, 0.25) is 0 Å². The van der Waals surface area contributed by atoms with Gasteiger partial charge in [-0.05, 0) is 20.8 Å². The van der Waals surface area contributed by atoms with Crippen molar-refractivity contribution in [3.8, 4) is 0 Å². The number of nitrogens with zero attached hydrogens (tertiary/aromatic N) is 2. The minimum absolute atomic E-state index is 0.0200. The molecule has 2 amide bonds. The Hall–Kier alpha value is -1.43. The van der Waals surface area contributed by atoms with Crippen LogP contribution in [-0.2, 0) is 16.0 Å². The molecule has 20 heavy (non-hydrogen) atoms. The number of hydrogen-bond acceptors (Lipinski definition) is 4. The van der Waals surface area contributed by atoms with Crippen molar-refractivity contribution in [3.63, 3.8) is 0 Å². The highest BCUT2D eigenvalue weighted by Gasteiger charge is 2.35. The molecule has 1 fully saturated rings. The number of aryl methyl sites for hydroxylation is 1. The maximum atomic E-state index is 12.0. The normalized spacial score (nSPS) is 18.9. The van der Waals surface area contributed by atoms with Crippen LogP contribution in [0.4, 0.5) is 0 Å². The summed E-state index contributed by atoms with van der Waals surface area (Å²) in [4.78, 5) is 29.9. The van der Waals surface area contributed by atoms with Gasteiger partial charge in [-0.25, -0.2) is 4.98 Å². The Morgan fingerprint density at radius 2 is 2.35 bits per heavy atom. The molecule has 5 nitrogen and oxygen atoms in total. The Balaban J connectivity index is 1.77. The van der Waals surface area contributed by atoms with Crippen LogP contribution in [0.15, 0.2) is 5.38 Å². The van der Waals surface area contributed by atoms with E-state index >= 15 is 0 Å². The summed E-state index contributed by atoms with van der Waals surface area (Å²) in [5, 5.41) is 5.97. The first kappa shape index (κ1) is 15.0. The molecule has 0 aliphatic carbocycles. The molecule has 0 spiro atoms. The average Bonchev–Trinajstić information content (AvgIpc) is 2.95. The lowest BCUT2D eigenvalue weighted by atomic mass is 10.1. The summed E-state index contributed by atoms with van der Waals surface area (Å²) in [7, 11) is 0. The van der Waals surface area contributed by atoms with E-state index in [1.165, 1.54) is 0 Å². The lowest BCUT2D eigenvalue weighted by molar-refractivity contribution is -0.129. The third-order valence-corrected chi connectivity index (χ3v) is 4.32. The standard InChI is InChI=1S/C14H21N3O2S/c1-9(2)17-7-11(6-13(17)18)14(19)15-5-4-12-8-20-10(3)16-12/h8-9,11H,4-7H2,1-3H3,(H,15,19)/t11-/m0/s1. The van der Waals surface area contributed by atoms with E-state index in [1.807, 2.05) is 26.2 Å². The predicted molar refractivity (Wildman–Crippen MR) is 78.5 cm³/mol. The first-order valence-electron chi connectivity index (χ1n) is 6.95. The fraction of sp³-hybridized carbons (Fsp3) is 0.643. The van der Waals surface area contributed by atoms with E-state index in [9.17, 15) is 9.59 Å². The second-order valence-electron chi connectivity index (χ2n) is 5.44. The van der Waals surface area contributed by atoms with Crippen LogP contribution in [0.3, 0.4) is 0 Å². The number of carbonyl (C=O) groups is 2. The van der Waals surface area contributed by atoms with Gasteiger partial charge in [0.15, 0.2) is 0 Å². The molecule has 1 aromatic rings. The van der Waals surface area contributed by atoms with Gasteiger partial charge < -0.3 is 10.2 Å². The molecule has 6 heteroatoms. The topological polar surface area (TPSA) is 62.3 Å². The molecule has 1 saturated heterocycles. The highest BCUT2D eigenvalue weighted by atomic mass is 32.1. The Morgan fingerprint density at radius 1 is 1.60 bits per heavy atom. The Bertz CT molecular complexity index is 498.